The van der Waals surface area contributed by atoms with Gasteiger partial charge in [0.25, 0.3) is 0 Å². The van der Waals surface area contributed by atoms with Crippen molar-refractivity contribution in [2.75, 3.05) is 6.61 Å². The number of unbranched alkanes of at least 4 members (excludes halogenated alkanes) is 1. The Hall–Kier alpha value is -3.71. The normalized spacial score (nSPS) is 10.6. The van der Waals surface area contributed by atoms with E-state index in [0.717, 1.165) is 30.0 Å². The summed E-state index contributed by atoms with van der Waals surface area (Å²) >= 11 is 0. The van der Waals surface area contributed by atoms with E-state index in [1.165, 1.54) is 18.2 Å². The molecule has 0 aliphatic rings. The Labute approximate surface area is 185 Å². The van der Waals surface area contributed by atoms with Crippen molar-refractivity contribution in [3.05, 3.63) is 101 Å². The molecule has 4 heteroatoms. The van der Waals surface area contributed by atoms with Crippen LogP contribution in [0, 0.1) is 29.3 Å². The lowest BCUT2D eigenvalue weighted by atomic mass is 10.0. The highest BCUT2D eigenvalue weighted by Gasteiger charge is 2.08. The van der Waals surface area contributed by atoms with Gasteiger partial charge in [-0.2, -0.15) is 0 Å². The summed E-state index contributed by atoms with van der Waals surface area (Å²) in [7, 11) is 0. The van der Waals surface area contributed by atoms with Gasteiger partial charge in [0.2, 0.25) is 0 Å². The fourth-order valence-electron chi connectivity index (χ4n) is 3.37. The fourth-order valence-corrected chi connectivity index (χ4v) is 3.37. The number of halogens is 3. The highest BCUT2D eigenvalue weighted by Crippen LogP contribution is 2.27. The molecule has 0 aliphatic heterocycles. The summed E-state index contributed by atoms with van der Waals surface area (Å²) in [4.78, 5) is 0. The summed E-state index contributed by atoms with van der Waals surface area (Å²) in [6.45, 7) is 2.65. The molecule has 4 aromatic rings. The maximum absolute atomic E-state index is 14.5. The van der Waals surface area contributed by atoms with Gasteiger partial charge in [0.15, 0.2) is 11.6 Å². The molecule has 0 amide bonds. The molecule has 4 rings (SSSR count). The Balaban J connectivity index is 1.51. The van der Waals surface area contributed by atoms with Crippen LogP contribution in [0.1, 0.15) is 30.9 Å². The predicted octanol–water partition coefficient (Wildman–Crippen LogP) is 7.50. The van der Waals surface area contributed by atoms with Gasteiger partial charge in [-0.05, 0) is 59.8 Å². The van der Waals surface area contributed by atoms with Gasteiger partial charge in [-0.15, -0.1) is 0 Å². The van der Waals surface area contributed by atoms with Crippen molar-refractivity contribution in [3.8, 4) is 28.7 Å². The monoisotopic (exact) mass is 430 g/mol. The first kappa shape index (κ1) is 21.5. The highest BCUT2D eigenvalue weighted by atomic mass is 19.2. The molecule has 0 unspecified atom stereocenters. The largest absolute Gasteiger partial charge is 0.493 e. The van der Waals surface area contributed by atoms with Crippen LogP contribution in [0.3, 0.4) is 0 Å². The van der Waals surface area contributed by atoms with Gasteiger partial charge in [0.1, 0.15) is 11.6 Å². The smallest absolute Gasteiger partial charge is 0.166 e. The maximum Gasteiger partial charge on any atom is 0.166 e. The van der Waals surface area contributed by atoms with Gasteiger partial charge in [0, 0.05) is 28.1 Å². The molecule has 0 spiro atoms. The van der Waals surface area contributed by atoms with Crippen molar-refractivity contribution in [1.29, 1.82) is 0 Å². The molecule has 0 aromatic heterocycles. The van der Waals surface area contributed by atoms with Crippen molar-refractivity contribution in [1.82, 2.24) is 0 Å². The van der Waals surface area contributed by atoms with Crippen molar-refractivity contribution in [2.24, 2.45) is 0 Å². The van der Waals surface area contributed by atoms with Crippen LogP contribution >= 0.6 is 0 Å². The predicted molar refractivity (Wildman–Crippen MR) is 122 cm³/mol. The second kappa shape index (κ2) is 9.62. The standard InChI is InChI=1S/C28H21F3O/c1-2-3-16-32-23-12-14-24(27(30)18-23)21-9-6-19(7-10-21)4-5-20-8-13-25-22(17-20)11-15-26(29)28(25)31/h6-15,17-18H,2-3,16H2,1H3. The molecule has 32 heavy (non-hydrogen) atoms. The molecule has 0 fully saturated rings. The average molecular weight is 430 g/mol. The van der Waals surface area contributed by atoms with E-state index in [4.69, 9.17) is 4.74 Å². The van der Waals surface area contributed by atoms with Crippen LogP contribution in [0.15, 0.2) is 72.8 Å². The van der Waals surface area contributed by atoms with Crippen LogP contribution in [-0.4, -0.2) is 6.61 Å². The van der Waals surface area contributed by atoms with E-state index in [2.05, 4.69) is 18.8 Å². The van der Waals surface area contributed by atoms with Crippen LogP contribution < -0.4 is 4.74 Å². The summed E-state index contributed by atoms with van der Waals surface area (Å²) in [5, 5.41) is 0.812. The molecule has 0 saturated carbocycles. The first-order chi connectivity index (χ1) is 15.5. The van der Waals surface area contributed by atoms with Gasteiger partial charge >= 0.3 is 0 Å². The molecular formula is C28H21F3O. The molecule has 0 N–H and O–H groups in total. The van der Waals surface area contributed by atoms with Crippen LogP contribution in [0.25, 0.3) is 21.9 Å². The maximum atomic E-state index is 14.5. The minimum atomic E-state index is -0.869. The van der Waals surface area contributed by atoms with Gasteiger partial charge in [-0.3, -0.25) is 0 Å². The number of ether oxygens (including phenoxy) is 1. The molecule has 160 valence electrons. The van der Waals surface area contributed by atoms with E-state index in [9.17, 15) is 13.2 Å². The van der Waals surface area contributed by atoms with E-state index in [1.54, 1.807) is 24.3 Å². The lowest BCUT2D eigenvalue weighted by Crippen LogP contribution is -1.97. The highest BCUT2D eigenvalue weighted by molar-refractivity contribution is 5.84. The Kier molecular flexibility index (Phi) is 6.47. The minimum absolute atomic E-state index is 0.226. The number of fused-ring (bicyclic) bond motifs is 1. The lowest BCUT2D eigenvalue weighted by Gasteiger charge is -2.08. The fraction of sp³-hybridized carbons (Fsp3) is 0.143. The number of benzene rings is 4. The number of rotatable bonds is 5. The summed E-state index contributed by atoms with van der Waals surface area (Å²) in [5.41, 5.74) is 2.70. The summed E-state index contributed by atoms with van der Waals surface area (Å²) in [5.74, 6) is 4.55. The molecule has 0 radical (unpaired) electrons. The third kappa shape index (κ3) is 4.78. The third-order valence-electron chi connectivity index (χ3n) is 5.16. The summed E-state index contributed by atoms with van der Waals surface area (Å²) < 4.78 is 47.3. The van der Waals surface area contributed by atoms with E-state index in [-0.39, 0.29) is 11.2 Å². The zero-order valence-electron chi connectivity index (χ0n) is 17.6. The Bertz CT molecular complexity index is 1310. The summed E-state index contributed by atoms with van der Waals surface area (Å²) in [6, 6.07) is 19.7. The average Bonchev–Trinajstić information content (AvgIpc) is 2.81. The molecule has 0 saturated heterocycles. The SMILES string of the molecule is CCCCOc1ccc(-c2ccc(C#Cc3ccc4c(F)c(F)ccc4c3)cc2)c(F)c1. The zero-order chi connectivity index (χ0) is 22.5. The van der Waals surface area contributed by atoms with Gasteiger partial charge in [0.05, 0.1) is 6.61 Å². The number of hydrogen-bond donors (Lipinski definition) is 0. The van der Waals surface area contributed by atoms with E-state index in [1.807, 2.05) is 24.3 Å². The van der Waals surface area contributed by atoms with Crippen molar-refractivity contribution >= 4 is 10.8 Å². The van der Waals surface area contributed by atoms with E-state index >= 15 is 0 Å². The van der Waals surface area contributed by atoms with Crippen LogP contribution in [0.4, 0.5) is 13.2 Å². The van der Waals surface area contributed by atoms with Crippen molar-refractivity contribution < 1.29 is 17.9 Å². The first-order valence-corrected chi connectivity index (χ1v) is 10.5. The Morgan fingerprint density at radius 3 is 2.25 bits per heavy atom. The first-order valence-electron chi connectivity index (χ1n) is 10.5. The number of hydrogen-bond acceptors (Lipinski definition) is 1. The van der Waals surface area contributed by atoms with Crippen molar-refractivity contribution in [2.45, 2.75) is 19.8 Å². The summed E-state index contributed by atoms with van der Waals surface area (Å²) in [6.07, 6.45) is 1.95. The molecule has 0 heterocycles. The van der Waals surface area contributed by atoms with Crippen LogP contribution in [0.5, 0.6) is 5.75 Å². The van der Waals surface area contributed by atoms with E-state index < -0.39 is 11.6 Å². The lowest BCUT2D eigenvalue weighted by molar-refractivity contribution is 0.308. The zero-order valence-corrected chi connectivity index (χ0v) is 17.6. The van der Waals surface area contributed by atoms with Crippen LogP contribution in [0.2, 0.25) is 0 Å². The van der Waals surface area contributed by atoms with E-state index in [0.29, 0.717) is 28.9 Å². The second-order valence-electron chi connectivity index (χ2n) is 7.47. The third-order valence-corrected chi connectivity index (χ3v) is 5.16. The van der Waals surface area contributed by atoms with Gasteiger partial charge in [-0.1, -0.05) is 49.5 Å². The molecule has 0 atom stereocenters. The second-order valence-corrected chi connectivity index (χ2v) is 7.47. The Morgan fingerprint density at radius 1 is 0.750 bits per heavy atom. The van der Waals surface area contributed by atoms with Crippen LogP contribution in [-0.2, 0) is 0 Å². The topological polar surface area (TPSA) is 9.23 Å². The quantitative estimate of drug-likeness (QED) is 0.235. The van der Waals surface area contributed by atoms with Gasteiger partial charge < -0.3 is 4.74 Å². The molecule has 0 bridgehead atoms. The minimum Gasteiger partial charge on any atom is -0.493 e. The molecule has 0 aliphatic carbocycles. The Morgan fingerprint density at radius 2 is 1.50 bits per heavy atom. The van der Waals surface area contributed by atoms with Crippen molar-refractivity contribution in [3.63, 3.8) is 0 Å². The molecule has 4 aromatic carbocycles. The molecular weight excluding hydrogens is 409 g/mol. The molecule has 1 nitrogen and oxygen atoms in total. The van der Waals surface area contributed by atoms with Gasteiger partial charge in [-0.25, -0.2) is 13.2 Å².